The summed E-state index contributed by atoms with van der Waals surface area (Å²) in [5, 5.41) is 4.10. The van der Waals surface area contributed by atoms with Crippen molar-refractivity contribution in [1.82, 2.24) is 0 Å². The smallest absolute Gasteiger partial charge is 0.140 e. The molecule has 8 aromatic rings. The molecule has 1 heterocycles. The van der Waals surface area contributed by atoms with Crippen molar-refractivity contribution < 1.29 is 8.53 Å². The summed E-state index contributed by atoms with van der Waals surface area (Å²) < 4.78 is 31.7. The summed E-state index contributed by atoms with van der Waals surface area (Å²) >= 11 is 7.54. The lowest BCUT2D eigenvalue weighted by atomic mass is 10.0. The first kappa shape index (κ1) is 23.9. The second-order valence-electron chi connectivity index (χ2n) is 10.9. The lowest BCUT2D eigenvalue weighted by Crippen LogP contribution is -2.14. The van der Waals surface area contributed by atoms with Crippen LogP contribution in [0.25, 0.3) is 32.7 Å². The fourth-order valence-corrected chi connectivity index (χ4v) is 6.53. The van der Waals surface area contributed by atoms with Crippen molar-refractivity contribution in [2.75, 3.05) is 9.80 Å². The zero-order valence-corrected chi connectivity index (χ0v) is 24.9. The van der Waals surface area contributed by atoms with Crippen LogP contribution in [0.3, 0.4) is 0 Å². The highest BCUT2D eigenvalue weighted by molar-refractivity contribution is 6.37. The van der Waals surface area contributed by atoms with E-state index < -0.39 is 6.85 Å². The van der Waals surface area contributed by atoms with Gasteiger partial charge in [-0.15, -0.1) is 0 Å². The lowest BCUT2D eigenvalue weighted by Gasteiger charge is -2.31. The van der Waals surface area contributed by atoms with E-state index in [0.717, 1.165) is 50.3 Å². The largest absolute Gasteiger partial charge is 0.456 e. The topological polar surface area (TPSA) is 19.6 Å². The van der Waals surface area contributed by atoms with Crippen LogP contribution in [0.1, 0.15) is 9.68 Å². The third-order valence-corrected chi connectivity index (χ3v) is 8.60. The van der Waals surface area contributed by atoms with Crippen molar-refractivity contribution in [2.45, 2.75) is 6.85 Å². The van der Waals surface area contributed by atoms with Crippen molar-refractivity contribution in [3.63, 3.8) is 0 Å². The Hall–Kier alpha value is -5.51. The number of rotatable bonds is 6. The molecular formula is C41H29ClN2O. The van der Waals surface area contributed by atoms with Gasteiger partial charge in [0.1, 0.15) is 11.2 Å². The normalized spacial score (nSPS) is 12.6. The van der Waals surface area contributed by atoms with Crippen molar-refractivity contribution in [2.24, 2.45) is 0 Å². The molecular weight excluding hydrogens is 572 g/mol. The van der Waals surface area contributed by atoms with Crippen LogP contribution in [0.5, 0.6) is 0 Å². The molecule has 0 saturated carbocycles. The van der Waals surface area contributed by atoms with Gasteiger partial charge in [0.25, 0.3) is 0 Å². The Kier molecular flexibility index (Phi) is 5.95. The molecule has 0 spiro atoms. The van der Waals surface area contributed by atoms with Gasteiger partial charge in [-0.25, -0.2) is 0 Å². The SMILES string of the molecule is [2H]C([2H])([2H])c1ccc(N(c2ccccc2)c2cccc(N(c3ccccc3)c3ccccc3)c2Cl)c2c1oc1ccc3ccccc3c12. The second kappa shape index (κ2) is 11.2. The summed E-state index contributed by atoms with van der Waals surface area (Å²) in [6, 6.07) is 51.8. The molecule has 0 aliphatic heterocycles. The summed E-state index contributed by atoms with van der Waals surface area (Å²) in [6.07, 6.45) is 0. The summed E-state index contributed by atoms with van der Waals surface area (Å²) in [4.78, 5) is 4.24. The molecule has 0 unspecified atom stereocenters. The number of benzene rings is 7. The molecule has 0 N–H and O–H groups in total. The zero-order valence-electron chi connectivity index (χ0n) is 27.2. The van der Waals surface area contributed by atoms with Gasteiger partial charge in [0, 0.05) is 26.6 Å². The fraction of sp³-hybridized carbons (Fsp3) is 0.0244. The molecule has 0 aliphatic carbocycles. The molecule has 0 amide bonds. The highest BCUT2D eigenvalue weighted by Crippen LogP contribution is 2.50. The Bertz CT molecular complexity index is 2370. The average Bonchev–Trinajstić information content (AvgIpc) is 3.51. The van der Waals surface area contributed by atoms with Gasteiger partial charge in [-0.2, -0.15) is 0 Å². The van der Waals surface area contributed by atoms with Crippen LogP contribution in [-0.2, 0) is 0 Å². The Morgan fingerprint density at radius 3 is 1.73 bits per heavy atom. The van der Waals surface area contributed by atoms with Gasteiger partial charge >= 0.3 is 0 Å². The Morgan fingerprint density at radius 2 is 1.09 bits per heavy atom. The molecule has 0 atom stereocenters. The van der Waals surface area contributed by atoms with Crippen LogP contribution in [0.15, 0.2) is 162 Å². The summed E-state index contributed by atoms with van der Waals surface area (Å²) in [6.45, 7) is -2.39. The maximum atomic E-state index is 8.40. The van der Waals surface area contributed by atoms with Crippen LogP contribution in [0, 0.1) is 6.85 Å². The number of halogens is 1. The minimum absolute atomic E-state index is 0.161. The monoisotopic (exact) mass is 603 g/mol. The quantitative estimate of drug-likeness (QED) is 0.188. The van der Waals surface area contributed by atoms with E-state index in [1.807, 2.05) is 115 Å². The lowest BCUT2D eigenvalue weighted by molar-refractivity contribution is 0.666. The van der Waals surface area contributed by atoms with E-state index in [0.29, 0.717) is 21.6 Å². The van der Waals surface area contributed by atoms with Crippen LogP contribution in [0.2, 0.25) is 5.02 Å². The Labute approximate surface area is 271 Å². The maximum absolute atomic E-state index is 8.40. The first-order valence-corrected chi connectivity index (χ1v) is 15.2. The standard InChI is InChI=1S/C41H29ClN2O/c1-28-24-26-34(39-38-33-21-12-11-14-29(33)25-27-37(38)45-41(28)39)44(32-19-9-4-10-20-32)36-23-13-22-35(40(36)42)43(30-15-5-2-6-16-30)31-17-7-3-8-18-31/h2-27H,1H3/i1D3. The molecule has 0 radical (unpaired) electrons. The molecule has 0 aliphatic rings. The van der Waals surface area contributed by atoms with Gasteiger partial charge in [0.05, 0.1) is 27.5 Å². The molecule has 0 fully saturated rings. The van der Waals surface area contributed by atoms with Crippen molar-refractivity contribution in [3.05, 3.63) is 168 Å². The van der Waals surface area contributed by atoms with Gasteiger partial charge in [-0.3, -0.25) is 0 Å². The number of hydrogen-bond donors (Lipinski definition) is 0. The Morgan fingerprint density at radius 1 is 0.511 bits per heavy atom. The van der Waals surface area contributed by atoms with E-state index in [4.69, 9.17) is 20.1 Å². The number of fused-ring (bicyclic) bond motifs is 5. The van der Waals surface area contributed by atoms with E-state index in [1.165, 1.54) is 0 Å². The number of para-hydroxylation sites is 3. The summed E-state index contributed by atoms with van der Waals surface area (Å²) in [5.74, 6) is 0. The summed E-state index contributed by atoms with van der Waals surface area (Å²) in [5.41, 5.74) is 6.19. The third kappa shape index (κ3) is 4.61. The average molecular weight is 604 g/mol. The van der Waals surface area contributed by atoms with Crippen LogP contribution >= 0.6 is 11.6 Å². The van der Waals surface area contributed by atoms with Crippen molar-refractivity contribution >= 4 is 78.4 Å². The number of anilines is 6. The number of aryl methyl sites for hydroxylation is 1. The van der Waals surface area contributed by atoms with Crippen LogP contribution in [-0.4, -0.2) is 0 Å². The van der Waals surface area contributed by atoms with E-state index in [9.17, 15) is 0 Å². The molecule has 3 nitrogen and oxygen atoms in total. The molecule has 8 rings (SSSR count). The highest BCUT2D eigenvalue weighted by Gasteiger charge is 2.25. The van der Waals surface area contributed by atoms with Crippen LogP contribution in [0.4, 0.5) is 34.1 Å². The number of hydrogen-bond acceptors (Lipinski definition) is 3. The minimum Gasteiger partial charge on any atom is -0.456 e. The van der Waals surface area contributed by atoms with E-state index in [1.54, 1.807) is 6.07 Å². The molecule has 4 heteroatoms. The van der Waals surface area contributed by atoms with Gasteiger partial charge in [-0.1, -0.05) is 109 Å². The van der Waals surface area contributed by atoms with Gasteiger partial charge in [0.15, 0.2) is 0 Å². The van der Waals surface area contributed by atoms with Crippen molar-refractivity contribution in [3.8, 4) is 0 Å². The van der Waals surface area contributed by atoms with Gasteiger partial charge in [0.2, 0.25) is 0 Å². The highest BCUT2D eigenvalue weighted by atomic mass is 35.5. The number of furan rings is 1. The first-order valence-electron chi connectivity index (χ1n) is 16.3. The Balaban J connectivity index is 1.45. The maximum Gasteiger partial charge on any atom is 0.140 e. The number of nitrogens with zero attached hydrogens (tertiary/aromatic N) is 2. The molecule has 45 heavy (non-hydrogen) atoms. The zero-order chi connectivity index (χ0) is 32.8. The molecule has 0 bridgehead atoms. The molecule has 7 aromatic carbocycles. The van der Waals surface area contributed by atoms with Crippen molar-refractivity contribution in [1.29, 1.82) is 0 Å². The predicted molar refractivity (Wildman–Crippen MR) is 190 cm³/mol. The van der Waals surface area contributed by atoms with E-state index in [-0.39, 0.29) is 5.56 Å². The van der Waals surface area contributed by atoms with E-state index >= 15 is 0 Å². The second-order valence-corrected chi connectivity index (χ2v) is 11.3. The van der Waals surface area contributed by atoms with Gasteiger partial charge < -0.3 is 14.2 Å². The minimum atomic E-state index is -2.39. The first-order chi connectivity index (χ1) is 23.4. The van der Waals surface area contributed by atoms with E-state index in [2.05, 4.69) is 46.2 Å². The fourth-order valence-electron chi connectivity index (χ4n) is 6.23. The molecule has 216 valence electrons. The van der Waals surface area contributed by atoms with Gasteiger partial charge in [-0.05, 0) is 83.9 Å². The predicted octanol–water partition coefficient (Wildman–Crippen LogP) is 12.6. The molecule has 1 aromatic heterocycles. The molecule has 0 saturated heterocycles. The summed E-state index contributed by atoms with van der Waals surface area (Å²) in [7, 11) is 0. The third-order valence-electron chi connectivity index (χ3n) is 8.21. The van der Waals surface area contributed by atoms with Crippen LogP contribution < -0.4 is 9.80 Å².